The molecule has 0 bridgehead atoms. The van der Waals surface area contributed by atoms with Gasteiger partial charge in [0, 0.05) is 24.6 Å². The van der Waals surface area contributed by atoms with Crippen molar-refractivity contribution in [1.82, 2.24) is 5.32 Å². The van der Waals surface area contributed by atoms with E-state index in [0.29, 0.717) is 11.5 Å². The van der Waals surface area contributed by atoms with Gasteiger partial charge in [0.1, 0.15) is 23.4 Å². The predicted molar refractivity (Wildman–Crippen MR) is 111 cm³/mol. The SMILES string of the molecule is C[C@@H](CO)Oc1cc(Oc2ccc(S(C)(=O)=O)cc2)cc(C(=O)NC(=[NH2+])/C=C\N)c1. The van der Waals surface area contributed by atoms with E-state index in [4.69, 9.17) is 20.6 Å². The number of amidine groups is 1. The molecule has 0 unspecified atom stereocenters. The second kappa shape index (κ2) is 9.90. The summed E-state index contributed by atoms with van der Waals surface area (Å²) in [7, 11) is -3.33. The Morgan fingerprint density at radius 2 is 1.83 bits per heavy atom. The van der Waals surface area contributed by atoms with E-state index >= 15 is 0 Å². The number of aliphatic hydroxyl groups is 1. The van der Waals surface area contributed by atoms with E-state index in [0.717, 1.165) is 6.26 Å². The average Bonchev–Trinajstić information content (AvgIpc) is 2.67. The molecule has 0 spiro atoms. The van der Waals surface area contributed by atoms with Crippen LogP contribution in [0.3, 0.4) is 0 Å². The number of nitrogens with one attached hydrogen (secondary N) is 1. The van der Waals surface area contributed by atoms with Crippen molar-refractivity contribution in [3.05, 3.63) is 60.3 Å². The molecule has 1 atom stereocenters. The largest absolute Gasteiger partial charge is 0.488 e. The van der Waals surface area contributed by atoms with Gasteiger partial charge >= 0.3 is 5.91 Å². The first-order chi connectivity index (χ1) is 14.1. The summed E-state index contributed by atoms with van der Waals surface area (Å²) in [4.78, 5) is 12.6. The summed E-state index contributed by atoms with van der Waals surface area (Å²) < 4.78 is 34.5. The number of aliphatic hydroxyl groups excluding tert-OH is 1. The molecule has 2 rings (SSSR count). The van der Waals surface area contributed by atoms with Crippen LogP contribution in [-0.2, 0) is 9.84 Å². The average molecular weight is 434 g/mol. The van der Waals surface area contributed by atoms with Crippen molar-refractivity contribution in [2.24, 2.45) is 5.73 Å². The predicted octanol–water partition coefficient (Wildman–Crippen LogP) is 0.00180. The highest BCUT2D eigenvalue weighted by molar-refractivity contribution is 7.90. The van der Waals surface area contributed by atoms with Crippen molar-refractivity contribution in [3.8, 4) is 17.2 Å². The zero-order chi connectivity index (χ0) is 22.3. The molecule has 2 aromatic carbocycles. The Labute approximate surface area is 174 Å². The van der Waals surface area contributed by atoms with Gasteiger partial charge in [-0.2, -0.15) is 0 Å². The molecular formula is C20H24N3O6S+. The van der Waals surface area contributed by atoms with Gasteiger partial charge in [-0.25, -0.2) is 18.5 Å². The van der Waals surface area contributed by atoms with Crippen LogP contribution in [0, 0.1) is 0 Å². The Hall–Kier alpha value is -3.37. The van der Waals surface area contributed by atoms with Gasteiger partial charge in [0.2, 0.25) is 0 Å². The van der Waals surface area contributed by atoms with Gasteiger partial charge in [0.25, 0.3) is 5.84 Å². The Kier molecular flexibility index (Phi) is 7.56. The van der Waals surface area contributed by atoms with Gasteiger partial charge in [-0.1, -0.05) is 0 Å². The molecule has 0 heterocycles. The van der Waals surface area contributed by atoms with Crippen molar-refractivity contribution in [1.29, 1.82) is 0 Å². The van der Waals surface area contributed by atoms with Crippen molar-refractivity contribution in [2.75, 3.05) is 12.9 Å². The molecule has 2 aromatic rings. The van der Waals surface area contributed by atoms with Crippen LogP contribution in [0.15, 0.2) is 59.6 Å². The first-order valence-corrected chi connectivity index (χ1v) is 10.7. The van der Waals surface area contributed by atoms with Gasteiger partial charge in [-0.05, 0) is 43.3 Å². The summed E-state index contributed by atoms with van der Waals surface area (Å²) in [6.07, 6.45) is 3.11. The third-order valence-corrected chi connectivity index (χ3v) is 4.89. The van der Waals surface area contributed by atoms with E-state index in [-0.39, 0.29) is 28.7 Å². The van der Waals surface area contributed by atoms with Crippen molar-refractivity contribution < 1.29 is 33.2 Å². The van der Waals surface area contributed by atoms with Crippen LogP contribution in [-0.4, -0.2) is 44.2 Å². The summed E-state index contributed by atoms with van der Waals surface area (Å²) in [5, 5.41) is 17.3. The fraction of sp³-hybridized carbons (Fsp3) is 0.200. The number of carbonyl (C=O) groups excluding carboxylic acids is 1. The number of carbonyl (C=O) groups is 1. The second-order valence-electron chi connectivity index (χ2n) is 6.42. The van der Waals surface area contributed by atoms with Crippen LogP contribution in [0.1, 0.15) is 17.3 Å². The quantitative estimate of drug-likeness (QED) is 0.337. The lowest BCUT2D eigenvalue weighted by molar-refractivity contribution is -0.115. The number of sulfone groups is 1. The fourth-order valence-electron chi connectivity index (χ4n) is 2.34. The van der Waals surface area contributed by atoms with Crippen LogP contribution in [0.2, 0.25) is 0 Å². The molecular weight excluding hydrogens is 410 g/mol. The van der Waals surface area contributed by atoms with E-state index in [1.807, 2.05) is 0 Å². The number of nitrogens with two attached hydrogens (primary N) is 2. The van der Waals surface area contributed by atoms with Crippen molar-refractivity contribution in [3.63, 3.8) is 0 Å². The number of rotatable bonds is 8. The molecule has 1 amide bonds. The van der Waals surface area contributed by atoms with E-state index in [1.165, 1.54) is 48.7 Å². The highest BCUT2D eigenvalue weighted by atomic mass is 32.2. The van der Waals surface area contributed by atoms with Crippen LogP contribution in [0.25, 0.3) is 0 Å². The number of hydrogen-bond acceptors (Lipinski definition) is 7. The topological polar surface area (TPSA) is 154 Å². The highest BCUT2D eigenvalue weighted by Gasteiger charge is 2.17. The summed E-state index contributed by atoms with van der Waals surface area (Å²) in [6.45, 7) is 1.44. The van der Waals surface area contributed by atoms with Gasteiger partial charge < -0.3 is 20.3 Å². The molecule has 6 N–H and O–H groups in total. The number of hydrogen-bond donors (Lipinski definition) is 4. The molecule has 10 heteroatoms. The zero-order valence-corrected chi connectivity index (χ0v) is 17.3. The van der Waals surface area contributed by atoms with Crippen LogP contribution < -0.4 is 25.9 Å². The minimum Gasteiger partial charge on any atom is -0.488 e. The van der Waals surface area contributed by atoms with Crippen LogP contribution >= 0.6 is 0 Å². The molecule has 0 saturated heterocycles. The molecule has 160 valence electrons. The Bertz CT molecular complexity index is 1050. The number of benzene rings is 2. The third-order valence-electron chi connectivity index (χ3n) is 3.76. The molecule has 9 nitrogen and oxygen atoms in total. The maximum absolute atomic E-state index is 12.5. The molecule has 0 fully saturated rings. The lowest BCUT2D eigenvalue weighted by Gasteiger charge is -2.14. The number of amides is 1. The molecule has 0 aliphatic heterocycles. The Morgan fingerprint density at radius 1 is 1.20 bits per heavy atom. The maximum atomic E-state index is 12.5. The van der Waals surface area contributed by atoms with E-state index in [1.54, 1.807) is 13.0 Å². The minimum atomic E-state index is -3.33. The number of ether oxygens (including phenoxy) is 2. The minimum absolute atomic E-state index is 0.0522. The van der Waals surface area contributed by atoms with Crippen LogP contribution in [0.5, 0.6) is 17.2 Å². The van der Waals surface area contributed by atoms with Crippen molar-refractivity contribution in [2.45, 2.75) is 17.9 Å². The van der Waals surface area contributed by atoms with Crippen LogP contribution in [0.4, 0.5) is 0 Å². The zero-order valence-electron chi connectivity index (χ0n) is 16.5. The summed E-state index contributed by atoms with van der Waals surface area (Å²) in [6, 6.07) is 10.3. The Morgan fingerprint density at radius 3 is 2.40 bits per heavy atom. The molecule has 0 aliphatic carbocycles. The standard InChI is InChI=1S/C20H23N3O6S/c1-13(12-24)28-16-9-14(20(25)23-19(22)7-8-21)10-17(11-16)29-15-3-5-18(6-4-15)30(2,26)27/h3-11,13,24H,12,21H2,1-2H3,(H2,22,23,25)/p+1/b8-7-/t13-/m0/s1. The summed E-state index contributed by atoms with van der Waals surface area (Å²) in [5.41, 5.74) is 5.44. The van der Waals surface area contributed by atoms with Crippen molar-refractivity contribution >= 4 is 21.6 Å². The maximum Gasteiger partial charge on any atom is 0.339 e. The van der Waals surface area contributed by atoms with Gasteiger partial charge in [0.05, 0.1) is 17.1 Å². The monoisotopic (exact) mass is 434 g/mol. The van der Waals surface area contributed by atoms with E-state index in [2.05, 4.69) is 5.32 Å². The molecule has 0 aliphatic rings. The molecule has 30 heavy (non-hydrogen) atoms. The normalized spacial score (nSPS) is 12.4. The van der Waals surface area contributed by atoms with Gasteiger partial charge in [0.15, 0.2) is 9.84 Å². The Balaban J connectivity index is 2.33. The summed E-state index contributed by atoms with van der Waals surface area (Å²) >= 11 is 0. The first kappa shape index (κ1) is 22.9. The lowest BCUT2D eigenvalue weighted by atomic mass is 10.1. The second-order valence-corrected chi connectivity index (χ2v) is 8.43. The third kappa shape index (κ3) is 6.61. The lowest BCUT2D eigenvalue weighted by Crippen LogP contribution is -2.49. The highest BCUT2D eigenvalue weighted by Crippen LogP contribution is 2.29. The summed E-state index contributed by atoms with van der Waals surface area (Å²) in [5.74, 6) is 0.447. The molecule has 0 radical (unpaired) electrons. The van der Waals surface area contributed by atoms with Gasteiger partial charge in [-0.15, -0.1) is 0 Å². The molecule has 0 aromatic heterocycles. The van der Waals surface area contributed by atoms with E-state index in [9.17, 15) is 18.3 Å². The molecule has 0 saturated carbocycles. The van der Waals surface area contributed by atoms with E-state index < -0.39 is 21.8 Å². The van der Waals surface area contributed by atoms with Gasteiger partial charge in [-0.3, -0.25) is 5.41 Å². The first-order valence-electron chi connectivity index (χ1n) is 8.85. The fourth-order valence-corrected chi connectivity index (χ4v) is 2.97. The smallest absolute Gasteiger partial charge is 0.339 e.